The van der Waals surface area contributed by atoms with Crippen molar-refractivity contribution < 1.29 is 19.1 Å². The van der Waals surface area contributed by atoms with Crippen LogP contribution in [0.5, 0.6) is 0 Å². The Morgan fingerprint density at radius 3 is 2.46 bits per heavy atom. The van der Waals surface area contributed by atoms with Gasteiger partial charge < -0.3 is 15.0 Å². The summed E-state index contributed by atoms with van der Waals surface area (Å²) in [5.74, 6) is -0.411. The van der Waals surface area contributed by atoms with Gasteiger partial charge in [-0.05, 0) is 30.2 Å². The van der Waals surface area contributed by atoms with Gasteiger partial charge in [0.05, 0.1) is 6.61 Å². The van der Waals surface area contributed by atoms with E-state index < -0.39 is 17.2 Å². The Kier molecular flexibility index (Phi) is 6.94. The molecule has 2 saturated heterocycles. The van der Waals surface area contributed by atoms with E-state index in [2.05, 4.69) is 10.3 Å². The summed E-state index contributed by atoms with van der Waals surface area (Å²) >= 11 is 0. The molecule has 186 valence electrons. The summed E-state index contributed by atoms with van der Waals surface area (Å²) in [5.41, 5.74) is 0.863. The molecule has 0 unspecified atom stereocenters. The molecular formula is C27H34N4O4. The number of nitrogens with one attached hydrogen (secondary N) is 1. The molecule has 3 heterocycles. The van der Waals surface area contributed by atoms with E-state index in [1.165, 1.54) is 0 Å². The topological polar surface area (TPSA) is 91.8 Å². The maximum Gasteiger partial charge on any atom is 0.257 e. The third-order valence-electron chi connectivity index (χ3n) is 6.82. The lowest BCUT2D eigenvalue weighted by Crippen LogP contribution is -2.60. The maximum absolute atomic E-state index is 13.9. The quantitative estimate of drug-likeness (QED) is 0.730. The van der Waals surface area contributed by atoms with Crippen molar-refractivity contribution in [3.05, 3.63) is 65.5 Å². The zero-order valence-electron chi connectivity index (χ0n) is 20.9. The van der Waals surface area contributed by atoms with Crippen molar-refractivity contribution in [2.45, 2.75) is 58.8 Å². The fraction of sp³-hybridized carbons (Fsp3) is 0.481. The highest BCUT2D eigenvalue weighted by atomic mass is 16.5. The van der Waals surface area contributed by atoms with Crippen molar-refractivity contribution >= 4 is 17.7 Å². The minimum absolute atomic E-state index is 0.0768. The molecule has 2 aliphatic rings. The highest BCUT2D eigenvalue weighted by Gasteiger charge is 2.54. The van der Waals surface area contributed by atoms with E-state index in [1.54, 1.807) is 23.4 Å². The van der Waals surface area contributed by atoms with Crippen molar-refractivity contribution in [2.24, 2.45) is 5.41 Å². The normalized spacial score (nSPS) is 19.6. The Bertz CT molecular complexity index is 1090. The van der Waals surface area contributed by atoms with Crippen LogP contribution in [0.4, 0.5) is 0 Å². The number of carbonyl (C=O) groups is 3. The SMILES string of the molecule is Cc1ccccc1C(=O)N1[C@H](C(=O)NCc2cccnc2)COC12CCN(C(=O)C(C)(C)C)CC2. The van der Waals surface area contributed by atoms with Gasteiger partial charge in [0.25, 0.3) is 5.91 Å². The number of piperidine rings is 1. The molecule has 1 N–H and O–H groups in total. The van der Waals surface area contributed by atoms with Gasteiger partial charge >= 0.3 is 0 Å². The molecule has 1 aromatic carbocycles. The summed E-state index contributed by atoms with van der Waals surface area (Å²) in [6.45, 7) is 8.97. The average molecular weight is 479 g/mol. The van der Waals surface area contributed by atoms with E-state index in [9.17, 15) is 14.4 Å². The number of amides is 3. The van der Waals surface area contributed by atoms with Crippen LogP contribution < -0.4 is 5.32 Å². The molecule has 0 aliphatic carbocycles. The number of aromatic nitrogens is 1. The standard InChI is InChI=1S/C27H34N4O4/c1-19-8-5-6-10-21(19)24(33)31-22(23(32)29-17-20-9-7-13-28-16-20)18-35-27(31)11-14-30(15-12-27)25(34)26(2,3)4/h5-10,13,16,22H,11-12,14-15,17-18H2,1-4H3,(H,29,32)/t22-/m0/s1. The van der Waals surface area contributed by atoms with Crippen LogP contribution in [0, 0.1) is 12.3 Å². The minimum Gasteiger partial charge on any atom is -0.353 e. The van der Waals surface area contributed by atoms with Crippen molar-refractivity contribution in [2.75, 3.05) is 19.7 Å². The number of aryl methyl sites for hydroxylation is 1. The second kappa shape index (κ2) is 9.77. The first-order valence-electron chi connectivity index (χ1n) is 12.1. The Hall–Kier alpha value is -3.26. The van der Waals surface area contributed by atoms with E-state index in [1.807, 2.05) is 62.9 Å². The predicted molar refractivity (Wildman–Crippen MR) is 131 cm³/mol. The molecule has 0 bridgehead atoms. The van der Waals surface area contributed by atoms with E-state index in [0.29, 0.717) is 38.0 Å². The second-order valence-electron chi connectivity index (χ2n) is 10.4. The molecule has 8 nitrogen and oxygen atoms in total. The monoisotopic (exact) mass is 478 g/mol. The molecule has 2 aliphatic heterocycles. The third-order valence-corrected chi connectivity index (χ3v) is 6.82. The van der Waals surface area contributed by atoms with Gasteiger partial charge in [-0.3, -0.25) is 24.3 Å². The van der Waals surface area contributed by atoms with Gasteiger partial charge in [-0.1, -0.05) is 45.0 Å². The van der Waals surface area contributed by atoms with Gasteiger partial charge in [-0.25, -0.2) is 0 Å². The molecular weight excluding hydrogens is 444 g/mol. The van der Waals surface area contributed by atoms with Crippen molar-refractivity contribution in [3.63, 3.8) is 0 Å². The van der Waals surface area contributed by atoms with Crippen LogP contribution in [0.25, 0.3) is 0 Å². The Morgan fingerprint density at radius 1 is 1.11 bits per heavy atom. The lowest BCUT2D eigenvalue weighted by molar-refractivity contribution is -0.150. The van der Waals surface area contributed by atoms with E-state index in [4.69, 9.17) is 4.74 Å². The van der Waals surface area contributed by atoms with Gasteiger partial charge in [0.15, 0.2) is 0 Å². The molecule has 8 heteroatoms. The van der Waals surface area contributed by atoms with Gasteiger partial charge in [0, 0.05) is 55.8 Å². The number of nitrogens with zero attached hydrogens (tertiary/aromatic N) is 3. The van der Waals surface area contributed by atoms with E-state index >= 15 is 0 Å². The van der Waals surface area contributed by atoms with Gasteiger partial charge in [-0.15, -0.1) is 0 Å². The Balaban J connectivity index is 1.58. The number of pyridine rings is 1. The number of hydrogen-bond donors (Lipinski definition) is 1. The number of likely N-dealkylation sites (tertiary alicyclic amines) is 1. The highest BCUT2D eigenvalue weighted by molar-refractivity contribution is 5.99. The van der Waals surface area contributed by atoms with Crippen LogP contribution in [0.1, 0.15) is 55.1 Å². The molecule has 4 rings (SSSR count). The first-order chi connectivity index (χ1) is 16.6. The Morgan fingerprint density at radius 2 is 1.83 bits per heavy atom. The van der Waals surface area contributed by atoms with Gasteiger partial charge in [0.1, 0.15) is 11.8 Å². The molecule has 3 amide bonds. The summed E-state index contributed by atoms with van der Waals surface area (Å²) in [4.78, 5) is 47.6. The molecule has 1 spiro atoms. The number of carbonyl (C=O) groups excluding carboxylic acids is 3. The van der Waals surface area contributed by atoms with E-state index in [-0.39, 0.29) is 24.3 Å². The van der Waals surface area contributed by atoms with Crippen molar-refractivity contribution in [1.29, 1.82) is 0 Å². The minimum atomic E-state index is -0.926. The summed E-state index contributed by atoms with van der Waals surface area (Å²) in [6.07, 6.45) is 4.29. The average Bonchev–Trinajstić information content (AvgIpc) is 3.21. The summed E-state index contributed by atoms with van der Waals surface area (Å²) in [5, 5.41) is 2.94. The summed E-state index contributed by atoms with van der Waals surface area (Å²) in [7, 11) is 0. The number of ether oxygens (including phenoxy) is 1. The van der Waals surface area contributed by atoms with Crippen molar-refractivity contribution in [1.82, 2.24) is 20.1 Å². The maximum atomic E-state index is 13.9. The molecule has 1 atom stereocenters. The second-order valence-corrected chi connectivity index (χ2v) is 10.4. The highest BCUT2D eigenvalue weighted by Crippen LogP contribution is 2.39. The molecule has 2 fully saturated rings. The number of rotatable bonds is 4. The van der Waals surface area contributed by atoms with Gasteiger partial charge in [-0.2, -0.15) is 0 Å². The van der Waals surface area contributed by atoms with E-state index in [0.717, 1.165) is 11.1 Å². The molecule has 0 saturated carbocycles. The lowest BCUT2D eigenvalue weighted by atomic mass is 9.91. The molecule has 1 aromatic heterocycles. The Labute approximate surface area is 206 Å². The fourth-order valence-corrected chi connectivity index (χ4v) is 4.85. The van der Waals surface area contributed by atoms with Crippen molar-refractivity contribution in [3.8, 4) is 0 Å². The smallest absolute Gasteiger partial charge is 0.257 e. The van der Waals surface area contributed by atoms with Crippen LogP contribution >= 0.6 is 0 Å². The van der Waals surface area contributed by atoms with Crippen LogP contribution in [-0.2, 0) is 20.9 Å². The largest absolute Gasteiger partial charge is 0.353 e. The first kappa shape index (κ1) is 24.9. The third kappa shape index (κ3) is 5.07. The summed E-state index contributed by atoms with van der Waals surface area (Å²) < 4.78 is 6.27. The van der Waals surface area contributed by atoms with Crippen LogP contribution in [0.3, 0.4) is 0 Å². The first-order valence-corrected chi connectivity index (χ1v) is 12.1. The summed E-state index contributed by atoms with van der Waals surface area (Å²) in [6, 6.07) is 10.3. The fourth-order valence-electron chi connectivity index (χ4n) is 4.85. The number of hydrogen-bond acceptors (Lipinski definition) is 5. The van der Waals surface area contributed by atoms with Crippen LogP contribution in [-0.4, -0.2) is 64.0 Å². The predicted octanol–water partition coefficient (Wildman–Crippen LogP) is 2.91. The lowest BCUT2D eigenvalue weighted by Gasteiger charge is -2.45. The van der Waals surface area contributed by atoms with Crippen LogP contribution in [0.15, 0.2) is 48.8 Å². The molecule has 0 radical (unpaired) electrons. The molecule has 2 aromatic rings. The van der Waals surface area contributed by atoms with Gasteiger partial charge in [0.2, 0.25) is 11.8 Å². The zero-order chi connectivity index (χ0) is 25.2. The van der Waals surface area contributed by atoms with Crippen LogP contribution in [0.2, 0.25) is 0 Å². The number of benzene rings is 1. The molecule has 35 heavy (non-hydrogen) atoms. The zero-order valence-corrected chi connectivity index (χ0v) is 20.9.